The van der Waals surface area contributed by atoms with Crippen molar-refractivity contribution in [1.29, 1.82) is 0 Å². The van der Waals surface area contributed by atoms with Gasteiger partial charge >= 0.3 is 0 Å². The Morgan fingerprint density at radius 2 is 2.15 bits per heavy atom. The summed E-state index contributed by atoms with van der Waals surface area (Å²) in [5, 5.41) is 4.44. The summed E-state index contributed by atoms with van der Waals surface area (Å²) in [6.45, 7) is 4.68. The molecule has 2 aliphatic rings. The van der Waals surface area contributed by atoms with Crippen molar-refractivity contribution in [2.24, 2.45) is 5.92 Å². The normalized spacial score (nSPS) is 29.4. The minimum Gasteiger partial charge on any atom is -0.337 e. The van der Waals surface area contributed by atoms with Crippen molar-refractivity contribution in [3.63, 3.8) is 0 Å². The number of benzene rings is 1. The average Bonchev–Trinajstić information content (AvgIpc) is 3.22. The molecule has 1 aliphatic heterocycles. The highest BCUT2D eigenvalue weighted by Crippen LogP contribution is 2.49. The number of halogens is 2. The molecule has 3 atom stereocenters. The van der Waals surface area contributed by atoms with Gasteiger partial charge in [-0.05, 0) is 37.0 Å². The van der Waals surface area contributed by atoms with Crippen LogP contribution in [0.4, 0.5) is 0 Å². The lowest BCUT2D eigenvalue weighted by Gasteiger charge is -2.34. The standard InChI is InChI=1S/C15H18Cl2N2O/c1-9-8-18-4-5-19(9)15(20)12-7-11(12)10-2-3-13(16)14(17)6-10/h2-3,6,9,11-12,18H,4-5,7-8H2,1H3/t9-,11?,12?/m1/s1. The first-order valence-corrected chi connectivity index (χ1v) is 7.79. The topological polar surface area (TPSA) is 32.3 Å². The van der Waals surface area contributed by atoms with Crippen LogP contribution < -0.4 is 5.32 Å². The van der Waals surface area contributed by atoms with Crippen LogP contribution in [0, 0.1) is 5.92 Å². The summed E-state index contributed by atoms with van der Waals surface area (Å²) in [5.74, 6) is 0.710. The molecule has 1 aromatic rings. The predicted molar refractivity (Wildman–Crippen MR) is 81.4 cm³/mol. The van der Waals surface area contributed by atoms with Gasteiger partial charge in [0, 0.05) is 31.6 Å². The van der Waals surface area contributed by atoms with Gasteiger partial charge in [-0.15, -0.1) is 0 Å². The lowest BCUT2D eigenvalue weighted by Crippen LogP contribution is -2.52. The van der Waals surface area contributed by atoms with Crippen LogP contribution in [0.5, 0.6) is 0 Å². The smallest absolute Gasteiger partial charge is 0.226 e. The number of nitrogens with one attached hydrogen (secondary N) is 1. The van der Waals surface area contributed by atoms with E-state index in [9.17, 15) is 4.79 Å². The van der Waals surface area contributed by atoms with E-state index in [0.29, 0.717) is 16.0 Å². The maximum Gasteiger partial charge on any atom is 0.226 e. The second kappa shape index (κ2) is 5.55. The summed E-state index contributed by atoms with van der Waals surface area (Å²) in [6.07, 6.45) is 0.924. The largest absolute Gasteiger partial charge is 0.337 e. The Kier molecular flexibility index (Phi) is 3.93. The van der Waals surface area contributed by atoms with E-state index in [-0.39, 0.29) is 17.9 Å². The number of hydrogen-bond donors (Lipinski definition) is 1. The number of hydrogen-bond acceptors (Lipinski definition) is 2. The number of carbonyl (C=O) groups excluding carboxylic acids is 1. The van der Waals surface area contributed by atoms with Crippen LogP contribution in [-0.4, -0.2) is 36.5 Å². The van der Waals surface area contributed by atoms with Crippen LogP contribution in [0.3, 0.4) is 0 Å². The van der Waals surface area contributed by atoms with E-state index in [1.807, 2.05) is 23.1 Å². The van der Waals surface area contributed by atoms with Crippen LogP contribution in [0.1, 0.15) is 24.8 Å². The molecule has 2 fully saturated rings. The third-order valence-corrected chi connectivity index (χ3v) is 5.00. The van der Waals surface area contributed by atoms with Crippen molar-refractivity contribution >= 4 is 29.1 Å². The summed E-state index contributed by atoms with van der Waals surface area (Å²) in [6, 6.07) is 5.97. The molecule has 2 unspecified atom stereocenters. The minimum absolute atomic E-state index is 0.118. The van der Waals surface area contributed by atoms with Gasteiger partial charge in [0.2, 0.25) is 5.91 Å². The second-order valence-corrected chi connectivity index (χ2v) is 6.52. The fourth-order valence-corrected chi connectivity index (χ4v) is 3.27. The third kappa shape index (κ3) is 2.67. The highest BCUT2D eigenvalue weighted by molar-refractivity contribution is 6.42. The SMILES string of the molecule is C[C@@H]1CNCCN1C(=O)C1CC1c1ccc(Cl)c(Cl)c1. The molecule has 5 heteroatoms. The van der Waals surface area contributed by atoms with Crippen molar-refractivity contribution in [3.8, 4) is 0 Å². The first-order valence-electron chi connectivity index (χ1n) is 7.04. The molecule has 20 heavy (non-hydrogen) atoms. The summed E-state index contributed by atoms with van der Waals surface area (Å²) in [7, 11) is 0. The van der Waals surface area contributed by atoms with Crippen molar-refractivity contribution in [2.75, 3.05) is 19.6 Å². The zero-order chi connectivity index (χ0) is 14.3. The number of rotatable bonds is 2. The average molecular weight is 313 g/mol. The third-order valence-electron chi connectivity index (χ3n) is 4.26. The van der Waals surface area contributed by atoms with Gasteiger partial charge in [-0.2, -0.15) is 0 Å². The Morgan fingerprint density at radius 1 is 1.35 bits per heavy atom. The van der Waals surface area contributed by atoms with E-state index in [1.165, 1.54) is 0 Å². The van der Waals surface area contributed by atoms with Gasteiger partial charge in [0.1, 0.15) is 0 Å². The van der Waals surface area contributed by atoms with Crippen LogP contribution in [0.25, 0.3) is 0 Å². The fourth-order valence-electron chi connectivity index (χ4n) is 2.96. The molecular weight excluding hydrogens is 295 g/mol. The molecule has 0 bridgehead atoms. The Labute approximate surface area is 129 Å². The molecule has 1 saturated heterocycles. The molecule has 1 aliphatic carbocycles. The zero-order valence-electron chi connectivity index (χ0n) is 11.4. The monoisotopic (exact) mass is 312 g/mol. The van der Waals surface area contributed by atoms with Crippen LogP contribution in [0.15, 0.2) is 18.2 Å². The second-order valence-electron chi connectivity index (χ2n) is 5.71. The van der Waals surface area contributed by atoms with E-state index in [4.69, 9.17) is 23.2 Å². The van der Waals surface area contributed by atoms with E-state index in [0.717, 1.165) is 31.6 Å². The Hall–Kier alpha value is -0.770. The number of amides is 1. The molecule has 108 valence electrons. The van der Waals surface area contributed by atoms with Gasteiger partial charge < -0.3 is 10.2 Å². The summed E-state index contributed by atoms with van der Waals surface area (Å²) in [5.41, 5.74) is 1.13. The maximum absolute atomic E-state index is 12.5. The van der Waals surface area contributed by atoms with E-state index in [1.54, 1.807) is 0 Å². The van der Waals surface area contributed by atoms with Crippen molar-refractivity contribution in [3.05, 3.63) is 33.8 Å². The molecule has 1 heterocycles. The molecule has 0 spiro atoms. The quantitative estimate of drug-likeness (QED) is 0.910. The van der Waals surface area contributed by atoms with E-state index >= 15 is 0 Å². The highest BCUT2D eigenvalue weighted by Gasteiger charge is 2.46. The molecule has 0 radical (unpaired) electrons. The Balaban J connectivity index is 1.68. The molecule has 3 rings (SSSR count). The van der Waals surface area contributed by atoms with Crippen LogP contribution in [-0.2, 0) is 4.79 Å². The van der Waals surface area contributed by atoms with Gasteiger partial charge in [0.05, 0.1) is 10.0 Å². The van der Waals surface area contributed by atoms with Crippen LogP contribution in [0.2, 0.25) is 10.0 Å². The minimum atomic E-state index is 0.118. The highest BCUT2D eigenvalue weighted by atomic mass is 35.5. The lowest BCUT2D eigenvalue weighted by atomic mass is 10.1. The van der Waals surface area contributed by atoms with Gasteiger partial charge in [-0.1, -0.05) is 29.3 Å². The summed E-state index contributed by atoms with van der Waals surface area (Å²) in [4.78, 5) is 14.6. The summed E-state index contributed by atoms with van der Waals surface area (Å²) >= 11 is 12.0. The molecule has 1 saturated carbocycles. The van der Waals surface area contributed by atoms with Gasteiger partial charge in [0.25, 0.3) is 0 Å². The zero-order valence-corrected chi connectivity index (χ0v) is 12.9. The number of nitrogens with zero attached hydrogens (tertiary/aromatic N) is 1. The van der Waals surface area contributed by atoms with E-state index < -0.39 is 0 Å². The number of piperazine rings is 1. The molecule has 1 N–H and O–H groups in total. The number of carbonyl (C=O) groups is 1. The predicted octanol–water partition coefficient (Wildman–Crippen LogP) is 2.92. The molecule has 0 aromatic heterocycles. The van der Waals surface area contributed by atoms with Crippen molar-refractivity contribution in [1.82, 2.24) is 10.2 Å². The van der Waals surface area contributed by atoms with Crippen LogP contribution >= 0.6 is 23.2 Å². The Morgan fingerprint density at radius 3 is 2.85 bits per heavy atom. The van der Waals surface area contributed by atoms with Crippen molar-refractivity contribution in [2.45, 2.75) is 25.3 Å². The summed E-state index contributed by atoms with van der Waals surface area (Å²) < 4.78 is 0. The molecule has 1 aromatic carbocycles. The van der Waals surface area contributed by atoms with Crippen molar-refractivity contribution < 1.29 is 4.79 Å². The maximum atomic E-state index is 12.5. The van der Waals surface area contributed by atoms with Gasteiger partial charge in [-0.25, -0.2) is 0 Å². The Bertz CT molecular complexity index is 535. The lowest BCUT2D eigenvalue weighted by molar-refractivity contribution is -0.135. The van der Waals surface area contributed by atoms with E-state index in [2.05, 4.69) is 12.2 Å². The first kappa shape index (κ1) is 14.2. The first-order chi connectivity index (χ1) is 9.58. The molecular formula is C15H18Cl2N2O. The molecule has 1 amide bonds. The van der Waals surface area contributed by atoms with Gasteiger partial charge in [-0.3, -0.25) is 4.79 Å². The van der Waals surface area contributed by atoms with Gasteiger partial charge in [0.15, 0.2) is 0 Å². The molecule has 3 nitrogen and oxygen atoms in total. The fraction of sp³-hybridized carbons (Fsp3) is 0.533.